The first-order valence-electron chi connectivity index (χ1n) is 6.83. The molecule has 0 atom stereocenters. The van der Waals surface area contributed by atoms with Gasteiger partial charge in [0.2, 0.25) is 0 Å². The van der Waals surface area contributed by atoms with Gasteiger partial charge in [-0.1, -0.05) is 29.0 Å². The summed E-state index contributed by atoms with van der Waals surface area (Å²) in [5.41, 5.74) is 6.71. The quantitative estimate of drug-likeness (QED) is 0.401. The van der Waals surface area contributed by atoms with Crippen LogP contribution in [0.25, 0.3) is 0 Å². The summed E-state index contributed by atoms with van der Waals surface area (Å²) in [7, 11) is 0. The van der Waals surface area contributed by atoms with Crippen LogP contribution in [0.5, 0.6) is 0 Å². The van der Waals surface area contributed by atoms with E-state index in [1.54, 1.807) is 0 Å². The molecule has 0 aromatic carbocycles. The van der Waals surface area contributed by atoms with Crippen molar-refractivity contribution < 1.29 is 15.0 Å². The first-order chi connectivity index (χ1) is 9.29. The van der Waals surface area contributed by atoms with Crippen molar-refractivity contribution in [3.8, 4) is 0 Å². The highest BCUT2D eigenvalue weighted by Gasteiger charge is 1.90. The summed E-state index contributed by atoms with van der Waals surface area (Å²) in [5.74, 6) is -0.833. The van der Waals surface area contributed by atoms with Gasteiger partial charge in [0.15, 0.2) is 0 Å². The number of aliphatic carboxylic acids is 1. The van der Waals surface area contributed by atoms with Crippen LogP contribution >= 0.6 is 0 Å². The number of allylic oxidation sites excluding steroid dienone is 5. The third kappa shape index (κ3) is 21.5. The Kier molecular flexibility index (Phi) is 14.1. The van der Waals surface area contributed by atoms with E-state index in [9.17, 15) is 0 Å². The van der Waals surface area contributed by atoms with E-state index >= 15 is 0 Å². The number of carboxylic acid groups (broad SMARTS) is 1. The summed E-state index contributed by atoms with van der Waals surface area (Å²) < 4.78 is 0. The molecule has 0 saturated carbocycles. The minimum Gasteiger partial charge on any atom is -0.507 e. The third-order valence-corrected chi connectivity index (χ3v) is 2.41. The number of hydrogen-bond donors (Lipinski definition) is 2. The molecule has 114 valence electrons. The average Bonchev–Trinajstić information content (AvgIpc) is 2.28. The van der Waals surface area contributed by atoms with E-state index in [4.69, 9.17) is 15.0 Å². The van der Waals surface area contributed by atoms with Crippen LogP contribution in [0.2, 0.25) is 0 Å². The van der Waals surface area contributed by atoms with Crippen LogP contribution in [-0.2, 0) is 4.79 Å². The van der Waals surface area contributed by atoms with E-state index in [1.807, 2.05) is 6.92 Å². The van der Waals surface area contributed by atoms with Gasteiger partial charge in [-0.15, -0.1) is 0 Å². The van der Waals surface area contributed by atoms with E-state index < -0.39 is 5.97 Å². The predicted molar refractivity (Wildman–Crippen MR) is 84.9 cm³/mol. The molecule has 3 heteroatoms. The summed E-state index contributed by atoms with van der Waals surface area (Å²) in [6.45, 7) is 9.52. The first kappa shape index (κ1) is 20.6. The average molecular weight is 280 g/mol. The Morgan fingerprint density at radius 3 is 1.95 bits per heavy atom. The van der Waals surface area contributed by atoms with Crippen molar-refractivity contribution in [3.63, 3.8) is 0 Å². The second-order valence-corrected chi connectivity index (χ2v) is 4.98. The Balaban J connectivity index is 0. The fraction of sp³-hybridized carbons (Fsp3) is 0.529. The van der Waals surface area contributed by atoms with Crippen LogP contribution in [0.4, 0.5) is 0 Å². The van der Waals surface area contributed by atoms with Crippen molar-refractivity contribution in [2.75, 3.05) is 0 Å². The zero-order valence-corrected chi connectivity index (χ0v) is 13.4. The van der Waals surface area contributed by atoms with Crippen LogP contribution in [0.1, 0.15) is 60.3 Å². The molecule has 3 nitrogen and oxygen atoms in total. The van der Waals surface area contributed by atoms with Crippen molar-refractivity contribution in [2.45, 2.75) is 60.3 Å². The highest BCUT2D eigenvalue weighted by molar-refractivity contribution is 5.62. The van der Waals surface area contributed by atoms with Gasteiger partial charge in [-0.25, -0.2) is 0 Å². The largest absolute Gasteiger partial charge is 0.507 e. The second-order valence-electron chi connectivity index (χ2n) is 4.98. The van der Waals surface area contributed by atoms with Crippen molar-refractivity contribution in [2.24, 2.45) is 0 Å². The maximum Gasteiger partial charge on any atom is 0.300 e. The SMILES string of the molecule is CC(=C=CO)CCC=C(C)CCC=C(C)C.CC(=O)O. The summed E-state index contributed by atoms with van der Waals surface area (Å²) >= 11 is 0. The maximum absolute atomic E-state index is 9.00. The number of aliphatic hydroxyl groups excluding tert-OH is 1. The van der Waals surface area contributed by atoms with E-state index in [1.165, 1.54) is 11.1 Å². The standard InChI is InChI=1S/C15H24O.C2H4O2/c1-13(2)7-5-8-14(3)9-6-10-15(4)11-12-16;1-2(3)4/h7,9,12,16H,5-6,8,10H2,1-4H3;1H3,(H,3,4). The van der Waals surface area contributed by atoms with Crippen LogP contribution in [-0.4, -0.2) is 16.2 Å². The Hall–Kier alpha value is -1.73. The molecule has 0 aliphatic carbocycles. The zero-order chi connectivity index (χ0) is 16.0. The van der Waals surface area contributed by atoms with Gasteiger partial charge in [0.1, 0.15) is 6.26 Å². The predicted octanol–water partition coefficient (Wildman–Crippen LogP) is 5.17. The van der Waals surface area contributed by atoms with E-state index in [0.717, 1.165) is 44.4 Å². The van der Waals surface area contributed by atoms with Gasteiger partial charge in [0.25, 0.3) is 5.97 Å². The van der Waals surface area contributed by atoms with Crippen LogP contribution < -0.4 is 0 Å². The Labute approximate surface area is 123 Å². The molecule has 0 saturated heterocycles. The minimum absolute atomic E-state index is 0.833. The zero-order valence-electron chi connectivity index (χ0n) is 13.4. The molecule has 0 amide bonds. The van der Waals surface area contributed by atoms with E-state index in [-0.39, 0.29) is 0 Å². The normalized spacial score (nSPS) is 9.75. The lowest BCUT2D eigenvalue weighted by atomic mass is 10.1. The van der Waals surface area contributed by atoms with Gasteiger partial charge in [-0.05, 0) is 59.0 Å². The molecule has 20 heavy (non-hydrogen) atoms. The summed E-state index contributed by atoms with van der Waals surface area (Å²) in [6.07, 6.45) is 9.82. The second kappa shape index (κ2) is 13.7. The van der Waals surface area contributed by atoms with Crippen molar-refractivity contribution in [3.05, 3.63) is 40.9 Å². The van der Waals surface area contributed by atoms with Gasteiger partial charge < -0.3 is 10.2 Å². The molecule has 0 rings (SSSR count). The minimum atomic E-state index is -0.833. The molecule has 0 aromatic heterocycles. The van der Waals surface area contributed by atoms with Gasteiger partial charge in [-0.3, -0.25) is 4.79 Å². The summed E-state index contributed by atoms with van der Waals surface area (Å²) in [5, 5.41) is 16.0. The molecule has 0 bridgehead atoms. The monoisotopic (exact) mass is 280 g/mol. The van der Waals surface area contributed by atoms with E-state index in [2.05, 4.69) is 38.7 Å². The Morgan fingerprint density at radius 1 is 1.00 bits per heavy atom. The number of hydrogen-bond acceptors (Lipinski definition) is 2. The topological polar surface area (TPSA) is 57.5 Å². The lowest BCUT2D eigenvalue weighted by Gasteiger charge is -1.99. The van der Waals surface area contributed by atoms with Gasteiger partial charge in [0.05, 0.1) is 0 Å². The van der Waals surface area contributed by atoms with Crippen LogP contribution in [0.15, 0.2) is 40.9 Å². The van der Waals surface area contributed by atoms with Crippen LogP contribution in [0, 0.1) is 0 Å². The molecule has 0 radical (unpaired) electrons. The molecule has 0 aromatic rings. The molecule has 0 spiro atoms. The Bertz CT molecular complexity index is 386. The van der Waals surface area contributed by atoms with Gasteiger partial charge >= 0.3 is 0 Å². The smallest absolute Gasteiger partial charge is 0.300 e. The highest BCUT2D eigenvalue weighted by atomic mass is 16.4. The van der Waals surface area contributed by atoms with Gasteiger partial charge in [0, 0.05) is 6.92 Å². The fourth-order valence-corrected chi connectivity index (χ4v) is 1.41. The fourth-order valence-electron chi connectivity index (χ4n) is 1.41. The molecule has 0 unspecified atom stereocenters. The molecular weight excluding hydrogens is 252 g/mol. The molecular formula is C17H28O3. The van der Waals surface area contributed by atoms with Crippen molar-refractivity contribution in [1.29, 1.82) is 0 Å². The van der Waals surface area contributed by atoms with Crippen LogP contribution in [0.3, 0.4) is 0 Å². The Morgan fingerprint density at radius 2 is 1.50 bits per heavy atom. The third-order valence-electron chi connectivity index (χ3n) is 2.41. The molecule has 0 aliphatic heterocycles. The number of carbonyl (C=O) groups is 1. The van der Waals surface area contributed by atoms with E-state index in [0.29, 0.717) is 0 Å². The lowest BCUT2D eigenvalue weighted by Crippen LogP contribution is -1.79. The number of rotatable bonds is 6. The molecule has 0 fully saturated rings. The number of aliphatic hydroxyl groups is 1. The molecule has 0 aliphatic rings. The highest BCUT2D eigenvalue weighted by Crippen LogP contribution is 2.10. The van der Waals surface area contributed by atoms with Crippen molar-refractivity contribution >= 4 is 5.97 Å². The van der Waals surface area contributed by atoms with Crippen molar-refractivity contribution in [1.82, 2.24) is 0 Å². The summed E-state index contributed by atoms with van der Waals surface area (Å²) in [6, 6.07) is 0. The maximum atomic E-state index is 9.00. The molecule has 0 heterocycles. The lowest BCUT2D eigenvalue weighted by molar-refractivity contribution is -0.134. The van der Waals surface area contributed by atoms with Gasteiger partial charge in [-0.2, -0.15) is 0 Å². The summed E-state index contributed by atoms with van der Waals surface area (Å²) in [4.78, 5) is 9.00. The number of carboxylic acids is 1. The molecule has 2 N–H and O–H groups in total. The first-order valence-corrected chi connectivity index (χ1v) is 6.83.